The van der Waals surface area contributed by atoms with Crippen LogP contribution in [0.5, 0.6) is 0 Å². The highest BCUT2D eigenvalue weighted by atomic mass is 16.5. The van der Waals surface area contributed by atoms with E-state index in [9.17, 15) is 19.8 Å². The lowest BCUT2D eigenvalue weighted by molar-refractivity contribution is -0.144. The topological polar surface area (TPSA) is 93.1 Å². The van der Waals surface area contributed by atoms with Crippen molar-refractivity contribution >= 4 is 11.9 Å². The number of rotatable bonds is 10. The Hall–Kier alpha value is -1.40. The molecule has 25 heavy (non-hydrogen) atoms. The van der Waals surface area contributed by atoms with Crippen LogP contribution >= 0.6 is 0 Å². The van der Waals surface area contributed by atoms with Crippen molar-refractivity contribution < 1.29 is 29.3 Å². The first-order chi connectivity index (χ1) is 11.8. The van der Waals surface area contributed by atoms with E-state index in [1.165, 1.54) is 13.8 Å². The summed E-state index contributed by atoms with van der Waals surface area (Å²) in [6.45, 7) is 5.06. The minimum absolute atomic E-state index is 0.181. The Bertz CT molecular complexity index is 447. The van der Waals surface area contributed by atoms with Crippen LogP contribution in [-0.4, -0.2) is 47.1 Å². The summed E-state index contributed by atoms with van der Waals surface area (Å²) in [5, 5.41) is 20.4. The molecular formula is C19H32O6. The number of unbranched alkanes of at least 4 members (excludes halogenated alkanes) is 2. The van der Waals surface area contributed by atoms with Crippen LogP contribution in [0.2, 0.25) is 0 Å². The van der Waals surface area contributed by atoms with Crippen LogP contribution in [0.25, 0.3) is 0 Å². The molecule has 0 bridgehead atoms. The van der Waals surface area contributed by atoms with Crippen LogP contribution in [0.15, 0.2) is 12.2 Å². The molecule has 0 unspecified atom stereocenters. The summed E-state index contributed by atoms with van der Waals surface area (Å²) < 4.78 is 10.3. The predicted octanol–water partition coefficient (Wildman–Crippen LogP) is 2.37. The summed E-state index contributed by atoms with van der Waals surface area (Å²) in [6.07, 6.45) is 6.72. The number of hydrogen-bond acceptors (Lipinski definition) is 6. The molecule has 0 heterocycles. The summed E-state index contributed by atoms with van der Waals surface area (Å²) in [6, 6.07) is 0. The maximum atomic E-state index is 11.3. The fourth-order valence-electron chi connectivity index (χ4n) is 3.37. The van der Waals surface area contributed by atoms with Crippen LogP contribution in [0.1, 0.15) is 59.3 Å². The molecule has 0 aliphatic heterocycles. The Balaban J connectivity index is 2.68. The third kappa shape index (κ3) is 8.01. The van der Waals surface area contributed by atoms with E-state index in [0.717, 1.165) is 25.7 Å². The van der Waals surface area contributed by atoms with Crippen LogP contribution in [-0.2, 0) is 19.1 Å². The fourth-order valence-corrected chi connectivity index (χ4v) is 3.37. The zero-order chi connectivity index (χ0) is 18.8. The molecule has 144 valence electrons. The molecule has 6 nitrogen and oxygen atoms in total. The van der Waals surface area contributed by atoms with Gasteiger partial charge in [-0.15, -0.1) is 0 Å². The van der Waals surface area contributed by atoms with E-state index in [1.54, 1.807) is 0 Å². The van der Waals surface area contributed by atoms with Gasteiger partial charge in [-0.25, -0.2) is 0 Å². The SMILES string of the molecule is CCCCC[C@@H](/C=C/[C@@H]1[C@@H](CCOC(C)=O)[C@@H](O)C[C@H]1O)OC(C)=O. The lowest BCUT2D eigenvalue weighted by Gasteiger charge is -2.21. The van der Waals surface area contributed by atoms with Gasteiger partial charge in [0.1, 0.15) is 6.10 Å². The van der Waals surface area contributed by atoms with Crippen molar-refractivity contribution in [1.29, 1.82) is 0 Å². The van der Waals surface area contributed by atoms with Crippen molar-refractivity contribution in [2.24, 2.45) is 11.8 Å². The molecule has 0 saturated heterocycles. The smallest absolute Gasteiger partial charge is 0.303 e. The Kier molecular flexibility index (Phi) is 9.75. The van der Waals surface area contributed by atoms with Crippen LogP contribution in [0.4, 0.5) is 0 Å². The number of aliphatic hydroxyl groups is 2. The molecule has 6 heteroatoms. The lowest BCUT2D eigenvalue weighted by Crippen LogP contribution is -2.23. The normalized spacial score (nSPS) is 27.4. The average molecular weight is 356 g/mol. The van der Waals surface area contributed by atoms with Gasteiger partial charge in [-0.3, -0.25) is 9.59 Å². The van der Waals surface area contributed by atoms with Crippen LogP contribution in [0.3, 0.4) is 0 Å². The molecule has 0 amide bonds. The van der Waals surface area contributed by atoms with E-state index in [4.69, 9.17) is 9.47 Å². The van der Waals surface area contributed by atoms with Crippen molar-refractivity contribution in [3.8, 4) is 0 Å². The molecule has 1 saturated carbocycles. The summed E-state index contributed by atoms with van der Waals surface area (Å²) >= 11 is 0. The molecule has 1 fully saturated rings. The van der Waals surface area contributed by atoms with Gasteiger partial charge in [0.15, 0.2) is 0 Å². The molecule has 0 spiro atoms. The molecule has 1 aliphatic carbocycles. The highest BCUT2D eigenvalue weighted by Crippen LogP contribution is 2.36. The highest BCUT2D eigenvalue weighted by molar-refractivity contribution is 5.66. The van der Waals surface area contributed by atoms with Gasteiger partial charge in [-0.1, -0.05) is 25.8 Å². The van der Waals surface area contributed by atoms with E-state index in [0.29, 0.717) is 12.8 Å². The predicted molar refractivity (Wildman–Crippen MR) is 93.7 cm³/mol. The fraction of sp³-hybridized carbons (Fsp3) is 0.789. The third-order valence-corrected chi connectivity index (χ3v) is 4.63. The highest BCUT2D eigenvalue weighted by Gasteiger charge is 2.40. The van der Waals surface area contributed by atoms with Crippen molar-refractivity contribution in [2.45, 2.75) is 77.6 Å². The van der Waals surface area contributed by atoms with Gasteiger partial charge < -0.3 is 19.7 Å². The van der Waals surface area contributed by atoms with Gasteiger partial charge in [-0.2, -0.15) is 0 Å². The quantitative estimate of drug-likeness (QED) is 0.355. The number of aliphatic hydroxyl groups excluding tert-OH is 2. The largest absolute Gasteiger partial charge is 0.466 e. The maximum absolute atomic E-state index is 11.3. The van der Waals surface area contributed by atoms with Gasteiger partial charge in [0.2, 0.25) is 0 Å². The monoisotopic (exact) mass is 356 g/mol. The molecule has 0 aromatic heterocycles. The first-order valence-corrected chi connectivity index (χ1v) is 9.20. The number of hydrogen-bond donors (Lipinski definition) is 2. The van der Waals surface area contributed by atoms with Crippen LogP contribution in [0, 0.1) is 11.8 Å². The van der Waals surface area contributed by atoms with E-state index in [2.05, 4.69) is 6.92 Å². The van der Waals surface area contributed by atoms with Crippen molar-refractivity contribution in [3.05, 3.63) is 12.2 Å². The van der Waals surface area contributed by atoms with E-state index in [-0.39, 0.29) is 36.5 Å². The van der Waals surface area contributed by atoms with Crippen molar-refractivity contribution in [1.82, 2.24) is 0 Å². The van der Waals surface area contributed by atoms with Gasteiger partial charge in [-0.05, 0) is 31.3 Å². The van der Waals surface area contributed by atoms with Crippen LogP contribution < -0.4 is 0 Å². The Morgan fingerprint density at radius 1 is 1.16 bits per heavy atom. The molecule has 0 aromatic rings. The summed E-state index contributed by atoms with van der Waals surface area (Å²) in [5.74, 6) is -1.11. The summed E-state index contributed by atoms with van der Waals surface area (Å²) in [5.41, 5.74) is 0. The molecular weight excluding hydrogens is 324 g/mol. The lowest BCUT2D eigenvalue weighted by atomic mass is 9.90. The van der Waals surface area contributed by atoms with E-state index in [1.807, 2.05) is 12.2 Å². The first-order valence-electron chi connectivity index (χ1n) is 9.20. The van der Waals surface area contributed by atoms with E-state index >= 15 is 0 Å². The van der Waals surface area contributed by atoms with Gasteiger partial charge in [0.25, 0.3) is 0 Å². The zero-order valence-electron chi connectivity index (χ0n) is 15.5. The third-order valence-electron chi connectivity index (χ3n) is 4.63. The van der Waals surface area contributed by atoms with Gasteiger partial charge >= 0.3 is 11.9 Å². The minimum atomic E-state index is -0.651. The molecule has 2 N–H and O–H groups in total. The summed E-state index contributed by atoms with van der Waals surface area (Å²) in [4.78, 5) is 22.2. The summed E-state index contributed by atoms with van der Waals surface area (Å²) in [7, 11) is 0. The Morgan fingerprint density at radius 3 is 2.48 bits per heavy atom. The number of ether oxygens (including phenoxy) is 2. The van der Waals surface area contributed by atoms with Gasteiger partial charge in [0.05, 0.1) is 18.8 Å². The Morgan fingerprint density at radius 2 is 1.88 bits per heavy atom. The second kappa shape index (κ2) is 11.3. The van der Waals surface area contributed by atoms with Gasteiger partial charge in [0, 0.05) is 26.2 Å². The van der Waals surface area contributed by atoms with Crippen molar-refractivity contribution in [3.63, 3.8) is 0 Å². The second-order valence-electron chi connectivity index (χ2n) is 6.77. The molecule has 1 aliphatic rings. The standard InChI is InChI=1S/C19H32O6/c1-4-5-6-7-15(25-14(3)21)8-9-16-17(10-11-24-13(2)20)19(23)12-18(16)22/h8-9,15-19,22-23H,4-7,10-12H2,1-3H3/b9-8+/t15-,16+,17+,18+,19-/m0/s1. The van der Waals surface area contributed by atoms with Crippen molar-refractivity contribution in [2.75, 3.05) is 6.61 Å². The minimum Gasteiger partial charge on any atom is -0.466 e. The number of carbonyl (C=O) groups is 2. The number of esters is 2. The molecule has 0 aromatic carbocycles. The number of carbonyl (C=O) groups excluding carboxylic acids is 2. The average Bonchev–Trinajstić information content (AvgIpc) is 2.78. The molecule has 1 rings (SSSR count). The molecule has 5 atom stereocenters. The maximum Gasteiger partial charge on any atom is 0.303 e. The van der Waals surface area contributed by atoms with E-state index < -0.39 is 12.2 Å². The molecule has 0 radical (unpaired) electrons. The second-order valence-corrected chi connectivity index (χ2v) is 6.77. The zero-order valence-corrected chi connectivity index (χ0v) is 15.5. The Labute approximate surface area is 150 Å². The first kappa shape index (κ1) is 21.6.